The molecule has 0 unspecified atom stereocenters. The van der Waals surface area contributed by atoms with Crippen LogP contribution < -0.4 is 0 Å². The van der Waals surface area contributed by atoms with Crippen LogP contribution in [0.25, 0.3) is 58.4 Å². The Morgan fingerprint density at radius 3 is 1.11 bits per heavy atom. The van der Waals surface area contributed by atoms with Crippen molar-refractivity contribution in [3.8, 4) is 0 Å². The van der Waals surface area contributed by atoms with Crippen molar-refractivity contribution in [1.82, 2.24) is 0 Å². The maximum Gasteiger partial charge on any atom is -0.00389 e. The first-order valence-electron chi connectivity index (χ1n) is 19.3. The van der Waals surface area contributed by atoms with Crippen LogP contribution in [-0.2, 0) is 0 Å². The maximum absolute atomic E-state index is 2.30. The summed E-state index contributed by atoms with van der Waals surface area (Å²) in [6.07, 6.45) is 13.5. The minimum Gasteiger partial charge on any atom is -0.0622 e. The molecular formula is C56H44. The monoisotopic (exact) mass is 716 g/mol. The Bertz CT molecular complexity index is 2520. The molecule has 0 bridgehead atoms. The van der Waals surface area contributed by atoms with Crippen LogP contribution in [0.5, 0.6) is 0 Å². The van der Waals surface area contributed by atoms with Gasteiger partial charge in [0.1, 0.15) is 0 Å². The highest BCUT2D eigenvalue weighted by molar-refractivity contribution is 6.00. The van der Waals surface area contributed by atoms with E-state index in [4.69, 9.17) is 0 Å². The molecule has 0 fully saturated rings. The molecule has 8 aromatic rings. The maximum atomic E-state index is 2.30. The van der Waals surface area contributed by atoms with E-state index >= 15 is 0 Å². The zero-order valence-electron chi connectivity index (χ0n) is 31.9. The highest BCUT2D eigenvalue weighted by Crippen LogP contribution is 2.31. The van der Waals surface area contributed by atoms with Gasteiger partial charge in [-0.05, 0) is 115 Å². The van der Waals surface area contributed by atoms with Crippen molar-refractivity contribution >= 4 is 58.4 Å². The minimum atomic E-state index is 1.16. The summed E-state index contributed by atoms with van der Waals surface area (Å²) in [5.74, 6) is 0. The minimum absolute atomic E-state index is 1.16. The zero-order valence-corrected chi connectivity index (χ0v) is 31.9. The molecule has 0 atom stereocenters. The molecule has 8 rings (SSSR count). The third kappa shape index (κ3) is 8.36. The van der Waals surface area contributed by atoms with Gasteiger partial charge in [-0.1, -0.05) is 218 Å². The van der Waals surface area contributed by atoms with Crippen LogP contribution in [-0.4, -0.2) is 0 Å². The summed E-state index contributed by atoms with van der Waals surface area (Å²) < 4.78 is 0. The van der Waals surface area contributed by atoms with Crippen molar-refractivity contribution in [2.75, 3.05) is 0 Å². The van der Waals surface area contributed by atoms with E-state index in [0.717, 1.165) is 11.1 Å². The molecule has 0 heteroatoms. The molecule has 0 N–H and O–H groups in total. The van der Waals surface area contributed by atoms with Crippen LogP contribution in [0.4, 0.5) is 0 Å². The summed E-state index contributed by atoms with van der Waals surface area (Å²) in [4.78, 5) is 0. The SMILES string of the molecule is Cc1ccccc1C(=Cc1ccc(C=Cc2cccc3cccc(C=Cc4ccc(C=C(c5ccccc5)c5ccccc5C)cc4)c23)cc1)c1ccccc1. The third-order valence-corrected chi connectivity index (χ3v) is 10.4. The number of hydrogen-bond acceptors (Lipinski definition) is 0. The first kappa shape index (κ1) is 36.0. The lowest BCUT2D eigenvalue weighted by Crippen LogP contribution is -1.91. The van der Waals surface area contributed by atoms with Gasteiger partial charge in [0.05, 0.1) is 0 Å². The van der Waals surface area contributed by atoms with Crippen molar-refractivity contribution in [2.24, 2.45) is 0 Å². The van der Waals surface area contributed by atoms with E-state index in [1.807, 2.05) is 0 Å². The summed E-state index contributed by atoms with van der Waals surface area (Å²) in [6, 6.07) is 69.3. The van der Waals surface area contributed by atoms with Crippen LogP contribution >= 0.6 is 0 Å². The number of rotatable bonds is 10. The third-order valence-electron chi connectivity index (χ3n) is 10.4. The van der Waals surface area contributed by atoms with Crippen LogP contribution in [0.3, 0.4) is 0 Å². The van der Waals surface area contributed by atoms with Gasteiger partial charge in [-0.15, -0.1) is 0 Å². The van der Waals surface area contributed by atoms with Crippen LogP contribution in [0, 0.1) is 13.8 Å². The van der Waals surface area contributed by atoms with E-state index in [1.54, 1.807) is 0 Å². The summed E-state index contributed by atoms with van der Waals surface area (Å²) in [5.41, 5.74) is 17.0. The largest absolute Gasteiger partial charge is 0.0622 e. The van der Waals surface area contributed by atoms with E-state index in [-0.39, 0.29) is 0 Å². The first-order chi connectivity index (χ1) is 27.6. The van der Waals surface area contributed by atoms with Gasteiger partial charge in [-0.3, -0.25) is 0 Å². The molecule has 0 amide bonds. The molecule has 0 saturated carbocycles. The normalized spacial score (nSPS) is 12.2. The topological polar surface area (TPSA) is 0 Å². The van der Waals surface area contributed by atoms with Gasteiger partial charge in [0, 0.05) is 0 Å². The zero-order chi connectivity index (χ0) is 38.1. The highest BCUT2D eigenvalue weighted by Gasteiger charge is 2.10. The Balaban J connectivity index is 1.04. The molecule has 0 aliphatic heterocycles. The number of aryl methyl sites for hydroxylation is 2. The fraction of sp³-hybridized carbons (Fsp3) is 0.0357. The van der Waals surface area contributed by atoms with Gasteiger partial charge in [0.25, 0.3) is 0 Å². The number of fused-ring (bicyclic) bond motifs is 1. The second-order valence-electron chi connectivity index (χ2n) is 14.3. The predicted octanol–water partition coefficient (Wildman–Crippen LogP) is 15.0. The fourth-order valence-corrected chi connectivity index (χ4v) is 7.41. The van der Waals surface area contributed by atoms with Crippen LogP contribution in [0.2, 0.25) is 0 Å². The van der Waals surface area contributed by atoms with E-state index in [0.29, 0.717) is 0 Å². The highest BCUT2D eigenvalue weighted by atomic mass is 14.1. The molecule has 56 heavy (non-hydrogen) atoms. The molecule has 0 radical (unpaired) electrons. The van der Waals surface area contributed by atoms with Crippen molar-refractivity contribution < 1.29 is 0 Å². The van der Waals surface area contributed by atoms with Crippen molar-refractivity contribution in [3.05, 3.63) is 261 Å². The lowest BCUT2D eigenvalue weighted by molar-refractivity contribution is 1.42. The second-order valence-corrected chi connectivity index (χ2v) is 14.3. The van der Waals surface area contributed by atoms with E-state index in [9.17, 15) is 0 Å². The van der Waals surface area contributed by atoms with Crippen LogP contribution in [0.15, 0.2) is 194 Å². The Labute approximate surface area is 331 Å². The van der Waals surface area contributed by atoms with Gasteiger partial charge in [-0.25, -0.2) is 0 Å². The molecule has 0 saturated heterocycles. The Morgan fingerprint density at radius 2 is 0.696 bits per heavy atom. The standard InChI is InChI=1S/C56H44/c1-41-15-9-11-25-52(41)54(47-17-5-3-6-18-47)39-45-31-27-43(28-32-45)35-37-50-23-13-21-49-22-14-24-51(56(49)50)38-36-44-29-33-46(34-30-44)40-55(48-19-7-4-8-20-48)53-26-12-10-16-42(53)2/h3-40H,1-2H3. The van der Waals surface area contributed by atoms with E-state index in [2.05, 4.69) is 244 Å². The quantitative estimate of drug-likeness (QED) is 0.124. The molecule has 0 aliphatic rings. The Hall–Kier alpha value is -7.02. The van der Waals surface area contributed by atoms with Gasteiger partial charge in [0.2, 0.25) is 0 Å². The van der Waals surface area contributed by atoms with Gasteiger partial charge < -0.3 is 0 Å². The van der Waals surface area contributed by atoms with Crippen molar-refractivity contribution in [2.45, 2.75) is 13.8 Å². The Morgan fingerprint density at radius 1 is 0.321 bits per heavy atom. The van der Waals surface area contributed by atoms with Crippen molar-refractivity contribution in [3.63, 3.8) is 0 Å². The van der Waals surface area contributed by atoms with Crippen LogP contribution in [0.1, 0.15) is 66.8 Å². The predicted molar refractivity (Wildman–Crippen MR) is 244 cm³/mol. The molecule has 0 aliphatic carbocycles. The molecule has 8 aromatic carbocycles. The molecule has 0 aromatic heterocycles. The summed E-state index contributed by atoms with van der Waals surface area (Å²) in [6.45, 7) is 4.36. The van der Waals surface area contributed by atoms with Gasteiger partial charge >= 0.3 is 0 Å². The summed E-state index contributed by atoms with van der Waals surface area (Å²) in [5, 5.41) is 2.47. The molecular weight excluding hydrogens is 673 g/mol. The van der Waals surface area contributed by atoms with E-state index < -0.39 is 0 Å². The summed E-state index contributed by atoms with van der Waals surface area (Å²) in [7, 11) is 0. The first-order valence-corrected chi connectivity index (χ1v) is 19.3. The molecule has 0 spiro atoms. The molecule has 0 nitrogen and oxygen atoms in total. The smallest absolute Gasteiger partial charge is 0.00389 e. The second kappa shape index (κ2) is 17.0. The molecule has 268 valence electrons. The van der Waals surface area contributed by atoms with Gasteiger partial charge in [-0.2, -0.15) is 0 Å². The lowest BCUT2D eigenvalue weighted by Gasteiger charge is -2.12. The molecule has 0 heterocycles. The van der Waals surface area contributed by atoms with Gasteiger partial charge in [0.15, 0.2) is 0 Å². The number of benzene rings is 8. The lowest BCUT2D eigenvalue weighted by atomic mass is 9.92. The fourth-order valence-electron chi connectivity index (χ4n) is 7.41. The van der Waals surface area contributed by atoms with E-state index in [1.165, 1.54) is 77.6 Å². The number of hydrogen-bond donors (Lipinski definition) is 0. The summed E-state index contributed by atoms with van der Waals surface area (Å²) >= 11 is 0. The Kier molecular flexibility index (Phi) is 10.9. The average molecular weight is 717 g/mol. The average Bonchev–Trinajstić information content (AvgIpc) is 3.25. The van der Waals surface area contributed by atoms with Crippen molar-refractivity contribution in [1.29, 1.82) is 0 Å².